The molecule has 0 bridgehead atoms. The molecule has 0 unspecified atom stereocenters. The summed E-state index contributed by atoms with van der Waals surface area (Å²) in [6.07, 6.45) is 2.34. The molecule has 0 fully saturated rings. The van der Waals surface area contributed by atoms with Crippen molar-refractivity contribution in [2.75, 3.05) is 0 Å². The van der Waals surface area contributed by atoms with Gasteiger partial charge in [-0.3, -0.25) is 0 Å². The number of nitrogens with zero attached hydrogens (tertiary/aromatic N) is 1. The zero-order valence-corrected chi connectivity index (χ0v) is 9.67. The molecule has 0 radical (unpaired) electrons. The van der Waals surface area contributed by atoms with Gasteiger partial charge in [0.1, 0.15) is 5.82 Å². The number of nitrogens with one attached hydrogen (secondary N) is 1. The standard InChI is InChI=1S/C13H18N2/c1-4-5-10-6-7-11-12(8-10)15-13(14-11)9(2)3/h6-9H,4-5H2,1-3H3,(H,14,15). The normalized spacial score (nSPS) is 11.5. The summed E-state index contributed by atoms with van der Waals surface area (Å²) in [6, 6.07) is 6.51. The topological polar surface area (TPSA) is 28.7 Å². The van der Waals surface area contributed by atoms with E-state index in [0.717, 1.165) is 17.8 Å². The minimum Gasteiger partial charge on any atom is -0.342 e. The van der Waals surface area contributed by atoms with Crippen molar-refractivity contribution in [1.82, 2.24) is 9.97 Å². The van der Waals surface area contributed by atoms with Crippen LogP contribution in [0, 0.1) is 0 Å². The highest BCUT2D eigenvalue weighted by atomic mass is 14.9. The predicted molar refractivity (Wildman–Crippen MR) is 64.2 cm³/mol. The molecule has 80 valence electrons. The SMILES string of the molecule is CCCc1ccc2nc(C(C)C)[nH]c2c1. The number of aromatic amines is 1. The second kappa shape index (κ2) is 4.05. The molecule has 0 aliphatic rings. The number of fused-ring (bicyclic) bond motifs is 1. The monoisotopic (exact) mass is 202 g/mol. The maximum atomic E-state index is 4.56. The molecule has 15 heavy (non-hydrogen) atoms. The maximum absolute atomic E-state index is 4.56. The molecular weight excluding hydrogens is 184 g/mol. The van der Waals surface area contributed by atoms with Crippen LogP contribution >= 0.6 is 0 Å². The van der Waals surface area contributed by atoms with Crippen LogP contribution in [0.25, 0.3) is 11.0 Å². The van der Waals surface area contributed by atoms with Crippen molar-refractivity contribution in [3.05, 3.63) is 29.6 Å². The Kier molecular flexibility index (Phi) is 2.76. The minimum absolute atomic E-state index is 0.465. The van der Waals surface area contributed by atoms with Gasteiger partial charge in [-0.2, -0.15) is 0 Å². The fourth-order valence-electron chi connectivity index (χ4n) is 1.79. The molecule has 2 heteroatoms. The molecule has 0 spiro atoms. The molecule has 1 N–H and O–H groups in total. The number of hydrogen-bond donors (Lipinski definition) is 1. The van der Waals surface area contributed by atoms with Crippen molar-refractivity contribution >= 4 is 11.0 Å². The van der Waals surface area contributed by atoms with Crippen LogP contribution in [0.3, 0.4) is 0 Å². The lowest BCUT2D eigenvalue weighted by Crippen LogP contribution is -1.88. The third-order valence-corrected chi connectivity index (χ3v) is 2.65. The third kappa shape index (κ3) is 2.04. The molecular formula is C13H18N2. The van der Waals surface area contributed by atoms with E-state index in [1.54, 1.807) is 0 Å². The van der Waals surface area contributed by atoms with Crippen LogP contribution in [0.5, 0.6) is 0 Å². The van der Waals surface area contributed by atoms with Gasteiger partial charge in [0.05, 0.1) is 11.0 Å². The maximum Gasteiger partial charge on any atom is 0.109 e. The van der Waals surface area contributed by atoms with Gasteiger partial charge in [0.15, 0.2) is 0 Å². The summed E-state index contributed by atoms with van der Waals surface area (Å²) in [5, 5.41) is 0. The Morgan fingerprint density at radius 2 is 2.13 bits per heavy atom. The number of H-pyrrole nitrogens is 1. The number of aryl methyl sites for hydroxylation is 1. The Morgan fingerprint density at radius 3 is 2.80 bits per heavy atom. The number of benzene rings is 1. The first-order valence-electron chi connectivity index (χ1n) is 5.69. The van der Waals surface area contributed by atoms with Gasteiger partial charge in [-0.05, 0) is 24.1 Å². The lowest BCUT2D eigenvalue weighted by atomic mass is 10.1. The van der Waals surface area contributed by atoms with Gasteiger partial charge in [0.2, 0.25) is 0 Å². The third-order valence-electron chi connectivity index (χ3n) is 2.65. The van der Waals surface area contributed by atoms with E-state index >= 15 is 0 Å². The van der Waals surface area contributed by atoms with Crippen molar-refractivity contribution < 1.29 is 0 Å². The van der Waals surface area contributed by atoms with E-state index in [1.807, 2.05) is 0 Å². The summed E-state index contributed by atoms with van der Waals surface area (Å²) in [5.74, 6) is 1.55. The van der Waals surface area contributed by atoms with Crippen LogP contribution in [-0.4, -0.2) is 9.97 Å². The van der Waals surface area contributed by atoms with Crippen molar-refractivity contribution in [1.29, 1.82) is 0 Å². The largest absolute Gasteiger partial charge is 0.342 e. The molecule has 1 aromatic carbocycles. The van der Waals surface area contributed by atoms with Crippen molar-refractivity contribution in [3.63, 3.8) is 0 Å². The second-order valence-corrected chi connectivity index (χ2v) is 4.38. The lowest BCUT2D eigenvalue weighted by molar-refractivity contribution is 0.799. The quantitative estimate of drug-likeness (QED) is 0.808. The Bertz CT molecular complexity index is 455. The second-order valence-electron chi connectivity index (χ2n) is 4.38. The minimum atomic E-state index is 0.465. The van der Waals surface area contributed by atoms with Crippen LogP contribution in [0.15, 0.2) is 18.2 Å². The van der Waals surface area contributed by atoms with Crippen molar-refractivity contribution in [2.45, 2.75) is 39.5 Å². The molecule has 1 aromatic heterocycles. The number of rotatable bonds is 3. The fraction of sp³-hybridized carbons (Fsp3) is 0.462. The summed E-state index contributed by atoms with van der Waals surface area (Å²) in [5.41, 5.74) is 3.65. The average molecular weight is 202 g/mol. The lowest BCUT2D eigenvalue weighted by Gasteiger charge is -1.97. The van der Waals surface area contributed by atoms with Crippen LogP contribution in [0.1, 0.15) is 44.5 Å². The molecule has 2 rings (SSSR count). The Balaban J connectivity index is 2.43. The molecule has 0 atom stereocenters. The van der Waals surface area contributed by atoms with Crippen molar-refractivity contribution in [3.8, 4) is 0 Å². The van der Waals surface area contributed by atoms with Gasteiger partial charge < -0.3 is 4.98 Å². The summed E-state index contributed by atoms with van der Waals surface area (Å²) >= 11 is 0. The molecule has 0 aliphatic carbocycles. The number of aromatic nitrogens is 2. The van der Waals surface area contributed by atoms with E-state index in [0.29, 0.717) is 5.92 Å². The van der Waals surface area contributed by atoms with Gasteiger partial charge in [-0.1, -0.05) is 33.3 Å². The molecule has 2 nitrogen and oxygen atoms in total. The van der Waals surface area contributed by atoms with Crippen LogP contribution in [0.2, 0.25) is 0 Å². The van der Waals surface area contributed by atoms with Gasteiger partial charge in [-0.15, -0.1) is 0 Å². The van der Waals surface area contributed by atoms with Gasteiger partial charge in [0, 0.05) is 5.92 Å². The highest BCUT2D eigenvalue weighted by Gasteiger charge is 2.06. The van der Waals surface area contributed by atoms with Crippen LogP contribution in [-0.2, 0) is 6.42 Å². The summed E-state index contributed by atoms with van der Waals surface area (Å²) < 4.78 is 0. The Morgan fingerprint density at radius 1 is 1.33 bits per heavy atom. The number of imidazole rings is 1. The first kappa shape index (κ1) is 10.2. The van der Waals surface area contributed by atoms with Crippen LogP contribution in [0.4, 0.5) is 0 Å². The predicted octanol–water partition coefficient (Wildman–Crippen LogP) is 3.64. The molecule has 1 heterocycles. The fourth-order valence-corrected chi connectivity index (χ4v) is 1.79. The summed E-state index contributed by atoms with van der Waals surface area (Å²) in [6.45, 7) is 6.52. The molecule has 0 aliphatic heterocycles. The first-order chi connectivity index (χ1) is 7.20. The zero-order chi connectivity index (χ0) is 10.8. The highest BCUT2D eigenvalue weighted by molar-refractivity contribution is 5.75. The van der Waals surface area contributed by atoms with Gasteiger partial charge in [0.25, 0.3) is 0 Å². The van der Waals surface area contributed by atoms with Gasteiger partial charge in [-0.25, -0.2) is 4.98 Å². The van der Waals surface area contributed by atoms with E-state index in [9.17, 15) is 0 Å². The molecule has 0 saturated carbocycles. The smallest absolute Gasteiger partial charge is 0.109 e. The number of hydrogen-bond acceptors (Lipinski definition) is 1. The highest BCUT2D eigenvalue weighted by Crippen LogP contribution is 2.18. The summed E-state index contributed by atoms with van der Waals surface area (Å²) in [7, 11) is 0. The molecule has 2 aromatic rings. The van der Waals surface area contributed by atoms with Crippen molar-refractivity contribution in [2.24, 2.45) is 0 Å². The zero-order valence-electron chi connectivity index (χ0n) is 9.67. The van der Waals surface area contributed by atoms with E-state index in [2.05, 4.69) is 48.9 Å². The Hall–Kier alpha value is -1.31. The molecule has 0 saturated heterocycles. The van der Waals surface area contributed by atoms with Gasteiger partial charge >= 0.3 is 0 Å². The summed E-state index contributed by atoms with van der Waals surface area (Å²) in [4.78, 5) is 7.94. The van der Waals surface area contributed by atoms with Crippen LogP contribution < -0.4 is 0 Å². The Labute approximate surface area is 90.7 Å². The average Bonchev–Trinajstić information content (AvgIpc) is 2.61. The van der Waals surface area contributed by atoms with E-state index in [1.165, 1.54) is 17.5 Å². The molecule has 0 amide bonds. The van der Waals surface area contributed by atoms with E-state index in [4.69, 9.17) is 0 Å². The first-order valence-corrected chi connectivity index (χ1v) is 5.69. The van der Waals surface area contributed by atoms with E-state index in [-0.39, 0.29) is 0 Å². The van der Waals surface area contributed by atoms with E-state index < -0.39 is 0 Å².